The number of methoxy groups -OCH3 is 1. The average molecular weight is 385 g/mol. The molecule has 3 aromatic carbocycles. The van der Waals surface area contributed by atoms with Gasteiger partial charge in [-0.05, 0) is 29.8 Å². The van der Waals surface area contributed by atoms with E-state index in [1.165, 1.54) is 19.2 Å². The summed E-state index contributed by atoms with van der Waals surface area (Å²) >= 11 is 0. The van der Waals surface area contributed by atoms with Crippen LogP contribution in [0, 0.1) is 17.1 Å². The maximum Gasteiger partial charge on any atom is 0.201 e. The molecule has 0 radical (unpaired) electrons. The molecule has 0 unspecified atom stereocenters. The largest absolute Gasteiger partial charge is 0.496 e. The lowest BCUT2D eigenvalue weighted by molar-refractivity contribution is 0.410. The molecule has 4 nitrogen and oxygen atoms in total. The number of nitriles is 1. The summed E-state index contributed by atoms with van der Waals surface area (Å²) in [6.45, 7) is 0. The van der Waals surface area contributed by atoms with Gasteiger partial charge in [-0.3, -0.25) is 4.79 Å². The van der Waals surface area contributed by atoms with Crippen LogP contribution >= 0.6 is 0 Å². The summed E-state index contributed by atoms with van der Waals surface area (Å²) in [6.07, 6.45) is 0.0353. The Morgan fingerprint density at radius 3 is 2.38 bits per heavy atom. The zero-order valence-corrected chi connectivity index (χ0v) is 15.6. The minimum Gasteiger partial charge on any atom is -0.496 e. The van der Waals surface area contributed by atoms with Crippen LogP contribution < -0.4 is 10.2 Å². The molecule has 0 fully saturated rings. The molecule has 1 heterocycles. The van der Waals surface area contributed by atoms with Crippen LogP contribution in [0.25, 0.3) is 33.4 Å². The number of rotatable bonds is 4. The zero-order chi connectivity index (χ0) is 20.4. The lowest BCUT2D eigenvalue weighted by Gasteiger charge is -2.14. The molecule has 142 valence electrons. The summed E-state index contributed by atoms with van der Waals surface area (Å²) in [6, 6.07) is 20.3. The van der Waals surface area contributed by atoms with E-state index in [2.05, 4.69) is 6.07 Å². The first kappa shape index (κ1) is 18.5. The van der Waals surface area contributed by atoms with Crippen LogP contribution in [0.4, 0.5) is 4.39 Å². The lowest BCUT2D eigenvalue weighted by atomic mass is 9.97. The highest BCUT2D eigenvalue weighted by Crippen LogP contribution is 2.36. The molecule has 0 aliphatic carbocycles. The molecule has 4 aromatic rings. The van der Waals surface area contributed by atoms with E-state index >= 15 is 0 Å². The van der Waals surface area contributed by atoms with E-state index in [1.54, 1.807) is 24.3 Å². The number of hydrogen-bond acceptors (Lipinski definition) is 4. The first-order chi connectivity index (χ1) is 14.1. The Morgan fingerprint density at radius 1 is 1.00 bits per heavy atom. The second-order valence-corrected chi connectivity index (χ2v) is 6.47. The van der Waals surface area contributed by atoms with Crippen molar-refractivity contribution in [2.75, 3.05) is 7.11 Å². The number of fused-ring (bicyclic) bond motifs is 1. The molecule has 0 bridgehead atoms. The quantitative estimate of drug-likeness (QED) is 0.476. The summed E-state index contributed by atoms with van der Waals surface area (Å²) in [4.78, 5) is 13.5. The number of ether oxygens (including phenoxy) is 1. The standard InChI is InChI=1S/C24H16FNO3/c1-28-20-12-11-19-22(27)21(15-7-9-17(25)10-8-15)23(16-5-3-2-4-6-16)29-24(19)18(20)13-14-26/h2-12H,13H2,1H3. The van der Waals surface area contributed by atoms with Crippen LogP contribution in [0.1, 0.15) is 5.56 Å². The van der Waals surface area contributed by atoms with Gasteiger partial charge in [0.25, 0.3) is 0 Å². The van der Waals surface area contributed by atoms with Crippen LogP contribution in [0.5, 0.6) is 5.75 Å². The second kappa shape index (κ2) is 7.61. The third-order valence-electron chi connectivity index (χ3n) is 4.77. The minimum absolute atomic E-state index is 0.0353. The topological polar surface area (TPSA) is 63.2 Å². The monoisotopic (exact) mass is 385 g/mol. The lowest BCUT2D eigenvalue weighted by Crippen LogP contribution is -2.09. The molecule has 29 heavy (non-hydrogen) atoms. The van der Waals surface area contributed by atoms with E-state index < -0.39 is 0 Å². The van der Waals surface area contributed by atoms with Gasteiger partial charge < -0.3 is 9.15 Å². The molecule has 0 N–H and O–H groups in total. The summed E-state index contributed by atoms with van der Waals surface area (Å²) in [5.74, 6) is 0.458. The van der Waals surface area contributed by atoms with Crippen molar-refractivity contribution < 1.29 is 13.5 Å². The van der Waals surface area contributed by atoms with Gasteiger partial charge in [0.15, 0.2) is 0 Å². The van der Waals surface area contributed by atoms with Gasteiger partial charge in [-0.15, -0.1) is 0 Å². The van der Waals surface area contributed by atoms with E-state index in [-0.39, 0.29) is 17.7 Å². The van der Waals surface area contributed by atoms with Crippen molar-refractivity contribution in [1.82, 2.24) is 0 Å². The molecule has 0 saturated carbocycles. The molecule has 4 rings (SSSR count). The predicted octanol–water partition coefficient (Wildman–Crippen LogP) is 5.34. The number of halogens is 1. The van der Waals surface area contributed by atoms with E-state index in [4.69, 9.17) is 9.15 Å². The summed E-state index contributed by atoms with van der Waals surface area (Å²) in [5.41, 5.74) is 2.19. The van der Waals surface area contributed by atoms with Gasteiger partial charge in [-0.2, -0.15) is 5.26 Å². The van der Waals surface area contributed by atoms with Gasteiger partial charge in [-0.1, -0.05) is 42.5 Å². The average Bonchev–Trinajstić information content (AvgIpc) is 2.75. The molecule has 0 saturated heterocycles. The Kier molecular flexibility index (Phi) is 4.84. The first-order valence-electron chi connectivity index (χ1n) is 8.99. The molecular formula is C24H16FNO3. The highest BCUT2D eigenvalue weighted by atomic mass is 19.1. The Labute approximate surface area is 166 Å². The number of benzene rings is 3. The predicted molar refractivity (Wildman–Crippen MR) is 109 cm³/mol. The van der Waals surface area contributed by atoms with Crippen LogP contribution in [0.3, 0.4) is 0 Å². The minimum atomic E-state index is -0.388. The number of hydrogen-bond donors (Lipinski definition) is 0. The van der Waals surface area contributed by atoms with Crippen LogP contribution in [-0.4, -0.2) is 7.11 Å². The van der Waals surface area contributed by atoms with Gasteiger partial charge in [0.05, 0.1) is 36.1 Å². The molecular weight excluding hydrogens is 369 g/mol. The van der Waals surface area contributed by atoms with Crippen molar-refractivity contribution >= 4 is 11.0 Å². The third-order valence-corrected chi connectivity index (χ3v) is 4.77. The van der Waals surface area contributed by atoms with Gasteiger partial charge in [0.1, 0.15) is 22.9 Å². The van der Waals surface area contributed by atoms with Crippen molar-refractivity contribution in [1.29, 1.82) is 5.26 Å². The van der Waals surface area contributed by atoms with Crippen LogP contribution in [0.15, 0.2) is 75.9 Å². The van der Waals surface area contributed by atoms with Crippen molar-refractivity contribution in [3.05, 3.63) is 88.3 Å². The second-order valence-electron chi connectivity index (χ2n) is 6.47. The fraction of sp³-hybridized carbons (Fsp3) is 0.0833. The first-order valence-corrected chi connectivity index (χ1v) is 8.99. The van der Waals surface area contributed by atoms with Crippen molar-refractivity contribution in [3.63, 3.8) is 0 Å². The highest BCUT2D eigenvalue weighted by Gasteiger charge is 2.21. The Morgan fingerprint density at radius 2 is 1.72 bits per heavy atom. The molecule has 0 spiro atoms. The molecule has 5 heteroatoms. The molecule has 0 amide bonds. The number of nitrogens with zero attached hydrogens (tertiary/aromatic N) is 1. The van der Waals surface area contributed by atoms with Crippen LogP contribution in [-0.2, 0) is 6.42 Å². The van der Waals surface area contributed by atoms with Gasteiger partial charge in [0.2, 0.25) is 5.43 Å². The Balaban J connectivity index is 2.14. The Bertz CT molecular complexity index is 1290. The highest BCUT2D eigenvalue weighted by molar-refractivity contribution is 5.91. The SMILES string of the molecule is COc1ccc2c(=O)c(-c3ccc(F)cc3)c(-c3ccccc3)oc2c1CC#N. The summed E-state index contributed by atoms with van der Waals surface area (Å²) < 4.78 is 25.1. The molecule has 0 aliphatic rings. The maximum atomic E-state index is 13.5. The fourth-order valence-electron chi connectivity index (χ4n) is 3.41. The third kappa shape index (κ3) is 3.26. The normalized spacial score (nSPS) is 10.7. The molecule has 1 aromatic heterocycles. The van der Waals surface area contributed by atoms with Gasteiger partial charge in [0, 0.05) is 5.56 Å². The summed E-state index contributed by atoms with van der Waals surface area (Å²) in [5, 5.41) is 9.60. The maximum absolute atomic E-state index is 13.5. The molecule has 0 atom stereocenters. The van der Waals surface area contributed by atoms with Gasteiger partial charge in [-0.25, -0.2) is 4.39 Å². The van der Waals surface area contributed by atoms with Crippen molar-refractivity contribution in [2.45, 2.75) is 6.42 Å². The van der Waals surface area contributed by atoms with Crippen molar-refractivity contribution in [3.8, 4) is 34.3 Å². The fourth-order valence-corrected chi connectivity index (χ4v) is 3.41. The van der Waals surface area contributed by atoms with E-state index in [0.29, 0.717) is 44.7 Å². The van der Waals surface area contributed by atoms with Crippen LogP contribution in [0.2, 0.25) is 0 Å². The van der Waals surface area contributed by atoms with E-state index in [9.17, 15) is 14.4 Å². The molecule has 0 aliphatic heterocycles. The van der Waals surface area contributed by atoms with Crippen molar-refractivity contribution in [2.24, 2.45) is 0 Å². The smallest absolute Gasteiger partial charge is 0.201 e. The summed E-state index contributed by atoms with van der Waals surface area (Å²) in [7, 11) is 1.51. The zero-order valence-electron chi connectivity index (χ0n) is 15.6. The Hall–Kier alpha value is -3.91. The van der Waals surface area contributed by atoms with Gasteiger partial charge >= 0.3 is 0 Å². The van der Waals surface area contributed by atoms with E-state index in [1.807, 2.05) is 30.3 Å². The van der Waals surface area contributed by atoms with E-state index in [0.717, 1.165) is 0 Å².